The van der Waals surface area contributed by atoms with Gasteiger partial charge in [0.25, 0.3) is 5.91 Å². The van der Waals surface area contributed by atoms with Crippen molar-refractivity contribution in [2.24, 2.45) is 0 Å². The molecule has 6 heteroatoms. The van der Waals surface area contributed by atoms with Gasteiger partial charge in [0.1, 0.15) is 5.69 Å². The molecule has 1 aliphatic heterocycles. The second kappa shape index (κ2) is 7.57. The molecule has 2 heterocycles. The van der Waals surface area contributed by atoms with E-state index in [-0.39, 0.29) is 5.91 Å². The fourth-order valence-corrected chi connectivity index (χ4v) is 2.16. The van der Waals surface area contributed by atoms with Crippen LogP contribution < -0.4 is 5.32 Å². The van der Waals surface area contributed by atoms with Crippen LogP contribution in [0.2, 0.25) is 0 Å². The molecule has 5 nitrogen and oxygen atoms in total. The summed E-state index contributed by atoms with van der Waals surface area (Å²) in [7, 11) is 0. The molecule has 1 aromatic rings. The van der Waals surface area contributed by atoms with E-state index in [1.165, 1.54) is 0 Å². The number of nitrogens with one attached hydrogen (secondary N) is 1. The second-order valence-corrected chi connectivity index (χ2v) is 5.34. The maximum Gasteiger partial charge on any atom is 0.269 e. The van der Waals surface area contributed by atoms with Crippen molar-refractivity contribution >= 4 is 21.8 Å². The first-order chi connectivity index (χ1) is 9.25. The molecule has 1 amide bonds. The molecule has 1 N–H and O–H groups in total. The lowest BCUT2D eigenvalue weighted by atomic mass is 10.3. The molecule has 19 heavy (non-hydrogen) atoms. The number of aromatic nitrogens is 1. The molecule has 0 saturated carbocycles. The molecule has 0 atom stereocenters. The number of halogens is 1. The summed E-state index contributed by atoms with van der Waals surface area (Å²) in [5.41, 5.74) is 0.453. The number of carbonyl (C=O) groups excluding carboxylic acids is 1. The Morgan fingerprint density at radius 3 is 2.89 bits per heavy atom. The van der Waals surface area contributed by atoms with Crippen LogP contribution in [-0.4, -0.2) is 55.2 Å². The van der Waals surface area contributed by atoms with Gasteiger partial charge in [-0.05, 0) is 41.0 Å². The number of amides is 1. The molecule has 1 fully saturated rings. The Hall–Kier alpha value is -0.980. The summed E-state index contributed by atoms with van der Waals surface area (Å²) in [6.45, 7) is 5.28. The van der Waals surface area contributed by atoms with Crippen LogP contribution in [0.4, 0.5) is 0 Å². The van der Waals surface area contributed by atoms with Gasteiger partial charge in [-0.2, -0.15) is 0 Å². The van der Waals surface area contributed by atoms with Crippen molar-refractivity contribution in [1.29, 1.82) is 0 Å². The Morgan fingerprint density at radius 2 is 2.21 bits per heavy atom. The van der Waals surface area contributed by atoms with Crippen LogP contribution in [-0.2, 0) is 4.74 Å². The first-order valence-electron chi connectivity index (χ1n) is 6.45. The third-order valence-corrected chi connectivity index (χ3v) is 3.47. The molecule has 104 valence electrons. The number of nitrogens with zero attached hydrogens (tertiary/aromatic N) is 2. The maximum atomic E-state index is 11.8. The summed E-state index contributed by atoms with van der Waals surface area (Å²) < 4.78 is 6.16. The minimum absolute atomic E-state index is 0.116. The Kier molecular flexibility index (Phi) is 5.75. The zero-order valence-electron chi connectivity index (χ0n) is 10.8. The lowest BCUT2D eigenvalue weighted by Crippen LogP contribution is -2.38. The monoisotopic (exact) mass is 327 g/mol. The van der Waals surface area contributed by atoms with Gasteiger partial charge in [0.05, 0.1) is 13.2 Å². The number of pyridine rings is 1. The van der Waals surface area contributed by atoms with Crippen molar-refractivity contribution in [3.05, 3.63) is 28.5 Å². The smallest absolute Gasteiger partial charge is 0.269 e. The molecule has 1 aromatic heterocycles. The summed E-state index contributed by atoms with van der Waals surface area (Å²) in [6.07, 6.45) is 2.57. The summed E-state index contributed by atoms with van der Waals surface area (Å²) in [5.74, 6) is -0.116. The van der Waals surface area contributed by atoms with E-state index >= 15 is 0 Å². The fourth-order valence-electron chi connectivity index (χ4n) is 1.93. The van der Waals surface area contributed by atoms with E-state index in [1.54, 1.807) is 12.3 Å². The number of ether oxygens (including phenoxy) is 1. The first-order valence-corrected chi connectivity index (χ1v) is 7.25. The molecule has 0 aromatic carbocycles. The SMILES string of the molecule is O=C(NCCCN1CCOCC1)c1ccc(Br)cn1. The summed E-state index contributed by atoms with van der Waals surface area (Å²) >= 11 is 3.29. The minimum atomic E-state index is -0.116. The van der Waals surface area contributed by atoms with E-state index in [4.69, 9.17) is 4.74 Å². The number of rotatable bonds is 5. The average molecular weight is 328 g/mol. The number of morpholine rings is 1. The van der Waals surface area contributed by atoms with Crippen LogP contribution in [0.1, 0.15) is 16.9 Å². The Labute approximate surface area is 121 Å². The predicted octanol–water partition coefficient (Wildman–Crippen LogP) is 1.30. The van der Waals surface area contributed by atoms with Crippen molar-refractivity contribution in [3.63, 3.8) is 0 Å². The maximum absolute atomic E-state index is 11.8. The van der Waals surface area contributed by atoms with E-state index in [1.807, 2.05) is 6.07 Å². The molecular formula is C13H18BrN3O2. The third kappa shape index (κ3) is 4.89. The molecule has 1 saturated heterocycles. The van der Waals surface area contributed by atoms with E-state index in [2.05, 4.69) is 31.1 Å². The minimum Gasteiger partial charge on any atom is -0.379 e. The highest BCUT2D eigenvalue weighted by Crippen LogP contribution is 2.07. The van der Waals surface area contributed by atoms with Gasteiger partial charge in [-0.15, -0.1) is 0 Å². The fraction of sp³-hybridized carbons (Fsp3) is 0.538. The Balaban J connectivity index is 1.64. The molecule has 0 unspecified atom stereocenters. The lowest BCUT2D eigenvalue weighted by molar-refractivity contribution is 0.0374. The lowest BCUT2D eigenvalue weighted by Gasteiger charge is -2.26. The van der Waals surface area contributed by atoms with Crippen LogP contribution in [0.15, 0.2) is 22.8 Å². The van der Waals surface area contributed by atoms with Gasteiger partial charge in [0, 0.05) is 30.3 Å². The van der Waals surface area contributed by atoms with Crippen LogP contribution >= 0.6 is 15.9 Å². The number of carbonyl (C=O) groups is 1. The third-order valence-electron chi connectivity index (χ3n) is 3.00. The van der Waals surface area contributed by atoms with Gasteiger partial charge in [0.15, 0.2) is 0 Å². The summed E-state index contributed by atoms with van der Waals surface area (Å²) in [4.78, 5) is 18.2. The molecule has 0 aliphatic carbocycles. The standard InChI is InChI=1S/C13H18BrN3O2/c14-11-2-3-12(16-10-11)13(18)15-4-1-5-17-6-8-19-9-7-17/h2-3,10H,1,4-9H2,(H,15,18). The Morgan fingerprint density at radius 1 is 1.42 bits per heavy atom. The predicted molar refractivity (Wildman–Crippen MR) is 76.1 cm³/mol. The molecule has 0 radical (unpaired) electrons. The van der Waals surface area contributed by atoms with E-state index in [0.717, 1.165) is 43.7 Å². The number of hydrogen-bond acceptors (Lipinski definition) is 4. The molecular weight excluding hydrogens is 310 g/mol. The van der Waals surface area contributed by atoms with Gasteiger partial charge in [-0.25, -0.2) is 4.98 Å². The highest BCUT2D eigenvalue weighted by molar-refractivity contribution is 9.10. The number of hydrogen-bond donors (Lipinski definition) is 1. The molecule has 1 aliphatic rings. The van der Waals surface area contributed by atoms with Gasteiger partial charge >= 0.3 is 0 Å². The zero-order chi connectivity index (χ0) is 13.5. The molecule has 2 rings (SSSR count). The van der Waals surface area contributed by atoms with Crippen molar-refractivity contribution in [3.8, 4) is 0 Å². The van der Waals surface area contributed by atoms with Crippen LogP contribution in [0, 0.1) is 0 Å². The van der Waals surface area contributed by atoms with Crippen LogP contribution in [0.25, 0.3) is 0 Å². The highest BCUT2D eigenvalue weighted by atomic mass is 79.9. The summed E-state index contributed by atoms with van der Waals surface area (Å²) in [5, 5.41) is 2.88. The van der Waals surface area contributed by atoms with Crippen molar-refractivity contribution in [2.45, 2.75) is 6.42 Å². The van der Waals surface area contributed by atoms with Gasteiger partial charge < -0.3 is 10.1 Å². The first kappa shape index (κ1) is 14.4. The van der Waals surface area contributed by atoms with Crippen LogP contribution in [0.3, 0.4) is 0 Å². The van der Waals surface area contributed by atoms with Crippen molar-refractivity contribution in [1.82, 2.24) is 15.2 Å². The van der Waals surface area contributed by atoms with E-state index in [0.29, 0.717) is 12.2 Å². The Bertz CT molecular complexity index is 405. The topological polar surface area (TPSA) is 54.5 Å². The van der Waals surface area contributed by atoms with Crippen LogP contribution in [0.5, 0.6) is 0 Å². The second-order valence-electron chi connectivity index (χ2n) is 4.43. The largest absolute Gasteiger partial charge is 0.379 e. The normalized spacial score (nSPS) is 16.3. The van der Waals surface area contributed by atoms with Gasteiger partial charge in [-0.3, -0.25) is 9.69 Å². The summed E-state index contributed by atoms with van der Waals surface area (Å²) in [6, 6.07) is 3.52. The highest BCUT2D eigenvalue weighted by Gasteiger charge is 2.10. The molecule has 0 spiro atoms. The quantitative estimate of drug-likeness (QED) is 0.828. The average Bonchev–Trinajstić information content (AvgIpc) is 2.45. The molecule has 0 bridgehead atoms. The van der Waals surface area contributed by atoms with E-state index < -0.39 is 0 Å². The van der Waals surface area contributed by atoms with Gasteiger partial charge in [0.2, 0.25) is 0 Å². The van der Waals surface area contributed by atoms with Gasteiger partial charge in [-0.1, -0.05) is 0 Å². The van der Waals surface area contributed by atoms with Crippen molar-refractivity contribution in [2.75, 3.05) is 39.4 Å². The zero-order valence-corrected chi connectivity index (χ0v) is 12.4. The van der Waals surface area contributed by atoms with Crippen molar-refractivity contribution < 1.29 is 9.53 Å². The van der Waals surface area contributed by atoms with E-state index in [9.17, 15) is 4.79 Å².